The van der Waals surface area contributed by atoms with Crippen LogP contribution in [0.3, 0.4) is 0 Å². The molecule has 7 nitrogen and oxygen atoms in total. The fraction of sp³-hybridized carbons (Fsp3) is 0.222. The molecule has 1 aliphatic heterocycles. The zero-order valence-corrected chi connectivity index (χ0v) is 15.3. The monoisotopic (exact) mass is 369 g/mol. The molecule has 134 valence electrons. The van der Waals surface area contributed by atoms with Crippen molar-refractivity contribution in [3.63, 3.8) is 0 Å². The molecule has 0 aliphatic carbocycles. The van der Waals surface area contributed by atoms with Gasteiger partial charge in [-0.05, 0) is 43.6 Å². The quantitative estimate of drug-likeness (QED) is 0.756. The molecule has 1 aliphatic rings. The summed E-state index contributed by atoms with van der Waals surface area (Å²) in [6, 6.07) is 7.61. The first-order chi connectivity index (χ1) is 12.5. The molecule has 0 atom stereocenters. The Hall–Kier alpha value is -2.71. The van der Waals surface area contributed by atoms with Crippen molar-refractivity contribution in [2.45, 2.75) is 0 Å². The fourth-order valence-electron chi connectivity index (χ4n) is 2.36. The van der Waals surface area contributed by atoms with Gasteiger partial charge in [0.2, 0.25) is 0 Å². The van der Waals surface area contributed by atoms with E-state index in [2.05, 4.69) is 25.5 Å². The number of amides is 2. The Morgan fingerprint density at radius 1 is 1.27 bits per heavy atom. The maximum absolute atomic E-state index is 11.7. The molecule has 2 heterocycles. The van der Waals surface area contributed by atoms with Crippen molar-refractivity contribution in [2.24, 2.45) is 0 Å². The predicted molar refractivity (Wildman–Crippen MR) is 104 cm³/mol. The van der Waals surface area contributed by atoms with Crippen LogP contribution in [-0.4, -0.2) is 53.2 Å². The number of imide groups is 1. The third kappa shape index (κ3) is 4.68. The molecule has 0 radical (unpaired) electrons. The lowest BCUT2D eigenvalue weighted by molar-refractivity contribution is -0.115. The van der Waals surface area contributed by atoms with Gasteiger partial charge in [-0.2, -0.15) is 0 Å². The molecule has 0 bridgehead atoms. The number of aromatic nitrogens is 2. The Balaban J connectivity index is 1.79. The summed E-state index contributed by atoms with van der Waals surface area (Å²) in [5.74, 6) is 0.349. The van der Waals surface area contributed by atoms with Crippen molar-refractivity contribution in [3.8, 4) is 11.3 Å². The first-order valence-electron chi connectivity index (χ1n) is 8.07. The van der Waals surface area contributed by atoms with Gasteiger partial charge in [0.05, 0.1) is 23.0 Å². The van der Waals surface area contributed by atoms with Crippen LogP contribution in [0, 0.1) is 0 Å². The summed E-state index contributed by atoms with van der Waals surface area (Å²) in [5, 5.41) is 5.15. The second-order valence-electron chi connectivity index (χ2n) is 6.00. The third-order valence-electron chi connectivity index (χ3n) is 3.62. The molecular weight excluding hydrogens is 350 g/mol. The van der Waals surface area contributed by atoms with E-state index in [1.165, 1.54) is 0 Å². The zero-order chi connectivity index (χ0) is 18.5. The molecule has 0 unspecified atom stereocenters. The lowest BCUT2D eigenvalue weighted by Gasteiger charge is -2.11. The fourth-order valence-corrected chi connectivity index (χ4v) is 3.04. The first kappa shape index (κ1) is 18.1. The van der Waals surface area contributed by atoms with Crippen LogP contribution < -0.4 is 10.6 Å². The second-order valence-corrected chi connectivity index (χ2v) is 7.01. The highest BCUT2D eigenvalue weighted by molar-refractivity contribution is 8.18. The van der Waals surface area contributed by atoms with Crippen LogP contribution in [-0.2, 0) is 4.79 Å². The second kappa shape index (κ2) is 8.11. The van der Waals surface area contributed by atoms with E-state index < -0.39 is 0 Å². The maximum Gasteiger partial charge on any atom is 0.290 e. The number of nitrogens with zero attached hydrogens (tertiary/aromatic N) is 3. The lowest BCUT2D eigenvalue weighted by Crippen LogP contribution is -2.21. The summed E-state index contributed by atoms with van der Waals surface area (Å²) in [4.78, 5) is 34.3. The average Bonchev–Trinajstić information content (AvgIpc) is 2.92. The van der Waals surface area contributed by atoms with Crippen molar-refractivity contribution < 1.29 is 9.59 Å². The number of hydrogen-bond acceptors (Lipinski definition) is 7. The summed E-state index contributed by atoms with van der Waals surface area (Å²) < 4.78 is 0. The molecule has 2 aromatic rings. The van der Waals surface area contributed by atoms with Gasteiger partial charge in [0, 0.05) is 18.7 Å². The summed E-state index contributed by atoms with van der Waals surface area (Å²) >= 11 is 0.904. The Morgan fingerprint density at radius 2 is 2.12 bits per heavy atom. The van der Waals surface area contributed by atoms with Crippen LogP contribution in [0.4, 0.5) is 10.6 Å². The summed E-state index contributed by atoms with van der Waals surface area (Å²) in [5.41, 5.74) is 2.44. The number of anilines is 1. The van der Waals surface area contributed by atoms with Crippen LogP contribution in [0.1, 0.15) is 5.56 Å². The zero-order valence-electron chi connectivity index (χ0n) is 14.5. The molecule has 26 heavy (non-hydrogen) atoms. The Bertz CT molecular complexity index is 866. The Labute approximate surface area is 155 Å². The van der Waals surface area contributed by atoms with E-state index in [0.29, 0.717) is 10.7 Å². The molecule has 1 aromatic carbocycles. The minimum Gasteiger partial charge on any atom is -0.367 e. The smallest absolute Gasteiger partial charge is 0.290 e. The Morgan fingerprint density at radius 3 is 2.85 bits per heavy atom. The highest BCUT2D eigenvalue weighted by Crippen LogP contribution is 2.27. The maximum atomic E-state index is 11.7. The number of thioether (sulfide) groups is 1. The van der Waals surface area contributed by atoms with Gasteiger partial charge >= 0.3 is 0 Å². The molecule has 0 saturated carbocycles. The predicted octanol–water partition coefficient (Wildman–Crippen LogP) is 2.44. The third-order valence-corrected chi connectivity index (χ3v) is 4.43. The van der Waals surface area contributed by atoms with Crippen molar-refractivity contribution in [2.75, 3.05) is 32.5 Å². The van der Waals surface area contributed by atoms with Gasteiger partial charge in [0.1, 0.15) is 5.82 Å². The van der Waals surface area contributed by atoms with E-state index in [0.717, 1.165) is 41.7 Å². The highest BCUT2D eigenvalue weighted by Gasteiger charge is 2.24. The molecular formula is C18H19N5O2S. The van der Waals surface area contributed by atoms with Gasteiger partial charge in [-0.1, -0.05) is 18.2 Å². The minimum absolute atomic E-state index is 0.347. The number of hydrogen-bond donors (Lipinski definition) is 2. The van der Waals surface area contributed by atoms with Crippen molar-refractivity contribution in [3.05, 3.63) is 47.1 Å². The van der Waals surface area contributed by atoms with Crippen LogP contribution in [0.5, 0.6) is 0 Å². The topological polar surface area (TPSA) is 87.2 Å². The number of carbonyl (C=O) groups excluding carboxylic acids is 2. The molecule has 2 amide bonds. The standard InChI is InChI=1S/C18H19N5O2S/c1-23(2)7-6-20-16-11-19-10-14(21-16)13-5-3-4-12(8-13)9-15-17(24)22-18(25)26-15/h3-5,8-11H,6-7H2,1-2H3,(H,20,21)(H,22,24,25). The van der Waals surface area contributed by atoms with Crippen LogP contribution in [0.15, 0.2) is 41.6 Å². The summed E-state index contributed by atoms with van der Waals surface area (Å²) in [7, 11) is 4.03. The van der Waals surface area contributed by atoms with Crippen LogP contribution in [0.25, 0.3) is 17.3 Å². The molecule has 1 fully saturated rings. The van der Waals surface area contributed by atoms with Crippen molar-refractivity contribution >= 4 is 34.8 Å². The van der Waals surface area contributed by atoms with E-state index in [1.54, 1.807) is 18.5 Å². The van der Waals surface area contributed by atoms with Gasteiger partial charge in [-0.15, -0.1) is 0 Å². The summed E-state index contributed by atoms with van der Waals surface area (Å²) in [6.45, 7) is 1.67. The minimum atomic E-state index is -0.364. The van der Waals surface area contributed by atoms with Crippen molar-refractivity contribution in [1.29, 1.82) is 0 Å². The van der Waals surface area contributed by atoms with E-state index in [9.17, 15) is 9.59 Å². The molecule has 2 N–H and O–H groups in total. The molecule has 1 aromatic heterocycles. The van der Waals surface area contributed by atoms with Gasteiger partial charge in [-0.3, -0.25) is 19.9 Å². The average molecular weight is 369 g/mol. The van der Waals surface area contributed by atoms with Gasteiger partial charge in [-0.25, -0.2) is 4.98 Å². The van der Waals surface area contributed by atoms with E-state index in [1.807, 2.05) is 38.4 Å². The number of rotatable bonds is 6. The SMILES string of the molecule is CN(C)CCNc1cncc(-c2cccc(C=C3SC(=O)NC3=O)c2)n1. The van der Waals surface area contributed by atoms with Crippen LogP contribution in [0.2, 0.25) is 0 Å². The van der Waals surface area contributed by atoms with Crippen LogP contribution >= 0.6 is 11.8 Å². The molecule has 3 rings (SSSR count). The largest absolute Gasteiger partial charge is 0.367 e. The first-order valence-corrected chi connectivity index (χ1v) is 8.89. The molecule has 8 heteroatoms. The highest BCUT2D eigenvalue weighted by atomic mass is 32.2. The van der Waals surface area contributed by atoms with Gasteiger partial charge < -0.3 is 10.2 Å². The normalized spacial score (nSPS) is 15.6. The van der Waals surface area contributed by atoms with E-state index >= 15 is 0 Å². The molecule has 0 spiro atoms. The summed E-state index contributed by atoms with van der Waals surface area (Å²) in [6.07, 6.45) is 5.08. The van der Waals surface area contributed by atoms with Gasteiger partial charge in [0.25, 0.3) is 11.1 Å². The Kier molecular flexibility index (Phi) is 5.65. The number of likely N-dealkylation sites (N-methyl/N-ethyl adjacent to an activating group) is 1. The number of nitrogens with one attached hydrogen (secondary N) is 2. The number of carbonyl (C=O) groups is 2. The number of benzene rings is 1. The van der Waals surface area contributed by atoms with E-state index in [4.69, 9.17) is 0 Å². The van der Waals surface area contributed by atoms with E-state index in [-0.39, 0.29) is 11.1 Å². The molecule has 1 saturated heterocycles. The van der Waals surface area contributed by atoms with Gasteiger partial charge in [0.15, 0.2) is 0 Å². The van der Waals surface area contributed by atoms with Crippen molar-refractivity contribution in [1.82, 2.24) is 20.2 Å². The lowest BCUT2D eigenvalue weighted by atomic mass is 10.1.